The molecule has 5 unspecified atom stereocenters. The van der Waals surface area contributed by atoms with Crippen LogP contribution in [0.4, 0.5) is 0 Å². The highest BCUT2D eigenvalue weighted by atomic mass is 16.5. The molecule has 4 rings (SSSR count). The van der Waals surface area contributed by atoms with E-state index in [-0.39, 0.29) is 46.5 Å². The molecule has 0 aromatic rings. The van der Waals surface area contributed by atoms with Crippen molar-refractivity contribution in [1.29, 1.82) is 0 Å². The summed E-state index contributed by atoms with van der Waals surface area (Å²) >= 11 is 0. The van der Waals surface area contributed by atoms with Crippen molar-refractivity contribution in [3.8, 4) is 0 Å². The number of rotatable bonds is 8. The Morgan fingerprint density at radius 3 is 2.58 bits per heavy atom. The van der Waals surface area contributed by atoms with Gasteiger partial charge in [0, 0.05) is 26.2 Å². The maximum absolute atomic E-state index is 12.9. The molecule has 0 N–H and O–H groups in total. The molecule has 0 aliphatic heterocycles. The van der Waals surface area contributed by atoms with E-state index in [1.54, 1.807) is 6.92 Å². The van der Waals surface area contributed by atoms with Crippen molar-refractivity contribution in [1.82, 2.24) is 0 Å². The Kier molecular flexibility index (Phi) is 7.83. The van der Waals surface area contributed by atoms with Crippen molar-refractivity contribution < 1.29 is 28.7 Å². The molecule has 36 heavy (non-hydrogen) atoms. The van der Waals surface area contributed by atoms with Gasteiger partial charge in [0.1, 0.15) is 17.7 Å². The van der Waals surface area contributed by atoms with Gasteiger partial charge in [0.05, 0.1) is 12.5 Å². The molecule has 0 heterocycles. The summed E-state index contributed by atoms with van der Waals surface area (Å²) in [4.78, 5) is 48.9. The summed E-state index contributed by atoms with van der Waals surface area (Å²) < 4.78 is 11.1. The number of fused-ring (bicyclic) bond motifs is 5. The van der Waals surface area contributed by atoms with E-state index in [4.69, 9.17) is 9.47 Å². The van der Waals surface area contributed by atoms with Crippen LogP contribution in [0.1, 0.15) is 98.8 Å². The Balaban J connectivity index is 1.43. The zero-order valence-electron chi connectivity index (χ0n) is 22.8. The molecule has 4 aliphatic carbocycles. The Bertz CT molecular complexity index is 936. The number of hydrogen-bond acceptors (Lipinski definition) is 6. The summed E-state index contributed by atoms with van der Waals surface area (Å²) in [6.07, 6.45) is 9.75. The van der Waals surface area contributed by atoms with Gasteiger partial charge in [0.15, 0.2) is 0 Å². The third-order valence-corrected chi connectivity index (χ3v) is 10.3. The number of hydrogen-bond donors (Lipinski definition) is 0. The number of carbonyl (C=O) groups is 4. The average molecular weight is 501 g/mol. The van der Waals surface area contributed by atoms with Crippen molar-refractivity contribution in [3.05, 3.63) is 11.6 Å². The van der Waals surface area contributed by atoms with Crippen molar-refractivity contribution in [2.45, 2.75) is 105 Å². The van der Waals surface area contributed by atoms with Crippen molar-refractivity contribution in [2.24, 2.45) is 40.4 Å². The van der Waals surface area contributed by atoms with Gasteiger partial charge >= 0.3 is 11.9 Å². The minimum absolute atomic E-state index is 0.0848. The van der Waals surface area contributed by atoms with Gasteiger partial charge in [0.25, 0.3) is 0 Å². The number of ether oxygens (including phenoxy) is 2. The Morgan fingerprint density at radius 1 is 1.14 bits per heavy atom. The topological polar surface area (TPSA) is 86.7 Å². The lowest BCUT2D eigenvalue weighted by molar-refractivity contribution is -0.154. The summed E-state index contributed by atoms with van der Waals surface area (Å²) in [5, 5.41) is 0. The zero-order valence-corrected chi connectivity index (χ0v) is 22.8. The first-order chi connectivity index (χ1) is 17.0. The molecule has 3 fully saturated rings. The van der Waals surface area contributed by atoms with Gasteiger partial charge in [-0.15, -0.1) is 0 Å². The van der Waals surface area contributed by atoms with Crippen LogP contribution in [0.25, 0.3) is 0 Å². The highest BCUT2D eigenvalue weighted by molar-refractivity contribution is 5.83. The summed E-state index contributed by atoms with van der Waals surface area (Å²) in [5.41, 5.74) is 1.28. The second kappa shape index (κ2) is 10.4. The third kappa shape index (κ3) is 5.06. The molecule has 4 aliphatic rings. The minimum Gasteiger partial charge on any atom is -0.466 e. The molecule has 0 spiro atoms. The molecule has 0 aromatic carbocycles. The quantitative estimate of drug-likeness (QED) is 0.318. The van der Waals surface area contributed by atoms with Gasteiger partial charge in [0.2, 0.25) is 0 Å². The molecule has 0 aromatic heterocycles. The second-order valence-corrected chi connectivity index (χ2v) is 12.7. The second-order valence-electron chi connectivity index (χ2n) is 12.7. The van der Waals surface area contributed by atoms with Crippen LogP contribution >= 0.6 is 0 Å². The first-order valence-corrected chi connectivity index (χ1v) is 14.0. The van der Waals surface area contributed by atoms with E-state index < -0.39 is 0 Å². The van der Waals surface area contributed by atoms with Gasteiger partial charge in [-0.1, -0.05) is 32.4 Å². The van der Waals surface area contributed by atoms with Gasteiger partial charge in [-0.05, 0) is 86.4 Å². The van der Waals surface area contributed by atoms with E-state index in [2.05, 4.69) is 19.9 Å². The fourth-order valence-corrected chi connectivity index (χ4v) is 8.47. The van der Waals surface area contributed by atoms with Crippen LogP contribution in [0, 0.1) is 40.4 Å². The number of Topliss-reactive ketones (excluding diaryl/α,β-unsaturated/α-hetero) is 2. The number of carbonyl (C=O) groups excluding carboxylic acids is 4. The molecular weight excluding hydrogens is 456 g/mol. The maximum atomic E-state index is 12.9. The molecule has 0 radical (unpaired) electrons. The van der Waals surface area contributed by atoms with E-state index in [0.29, 0.717) is 55.8 Å². The normalized spacial score (nSPS) is 38.2. The molecule has 6 heteroatoms. The summed E-state index contributed by atoms with van der Waals surface area (Å²) in [6, 6.07) is 0. The predicted octanol–water partition coefficient (Wildman–Crippen LogP) is 5.61. The number of ketones is 2. The molecule has 200 valence electrons. The SMILES string of the molecule is CC(=O)OC[C@@H](C)CCCC(=O)OC1CC2C3CC=C4CC(=O)CC[C@]4(C)C3CC[C@]2(C)C1C(C)=O. The lowest BCUT2D eigenvalue weighted by Crippen LogP contribution is -2.50. The zero-order chi connectivity index (χ0) is 26.3. The van der Waals surface area contributed by atoms with Crippen LogP contribution in [0.2, 0.25) is 0 Å². The van der Waals surface area contributed by atoms with E-state index >= 15 is 0 Å². The molecule has 8 atom stereocenters. The fraction of sp³-hybridized carbons (Fsp3) is 0.800. The first-order valence-electron chi connectivity index (χ1n) is 14.0. The summed E-state index contributed by atoms with van der Waals surface area (Å²) in [5.74, 6) is 1.27. The Morgan fingerprint density at radius 2 is 1.89 bits per heavy atom. The van der Waals surface area contributed by atoms with Gasteiger partial charge in [-0.2, -0.15) is 0 Å². The summed E-state index contributed by atoms with van der Waals surface area (Å²) in [7, 11) is 0. The van der Waals surface area contributed by atoms with E-state index in [9.17, 15) is 19.2 Å². The molecule has 0 bridgehead atoms. The van der Waals surface area contributed by atoms with Crippen LogP contribution in [-0.4, -0.2) is 36.2 Å². The fourth-order valence-electron chi connectivity index (χ4n) is 8.47. The lowest BCUT2D eigenvalue weighted by Gasteiger charge is -2.57. The van der Waals surface area contributed by atoms with Crippen LogP contribution in [0.15, 0.2) is 11.6 Å². The van der Waals surface area contributed by atoms with Crippen LogP contribution in [0.5, 0.6) is 0 Å². The first kappa shape index (κ1) is 27.1. The Hall–Kier alpha value is -1.98. The maximum Gasteiger partial charge on any atom is 0.306 e. The average Bonchev–Trinajstić information content (AvgIpc) is 3.10. The standard InChI is InChI=1S/C30H44O6/c1-18(17-35-20(3)32)7-6-8-27(34)36-26-16-25-23-10-9-21-15-22(33)11-13-29(21,4)24(23)12-14-30(25,5)28(26)19(2)31/h9,18,23-26,28H,6-8,10-17H2,1-5H3/t18-,23?,24?,25?,26?,28?,29-,30-/m0/s1. The third-order valence-electron chi connectivity index (χ3n) is 10.3. The molecule has 0 saturated heterocycles. The Labute approximate surface area is 215 Å². The molecule has 6 nitrogen and oxygen atoms in total. The predicted molar refractivity (Wildman–Crippen MR) is 136 cm³/mol. The van der Waals surface area contributed by atoms with Crippen molar-refractivity contribution in [3.63, 3.8) is 0 Å². The van der Waals surface area contributed by atoms with Crippen molar-refractivity contribution >= 4 is 23.5 Å². The highest BCUT2D eigenvalue weighted by Crippen LogP contribution is 2.66. The van der Waals surface area contributed by atoms with Crippen LogP contribution in [0.3, 0.4) is 0 Å². The number of esters is 2. The molecular formula is C30H44O6. The van der Waals surface area contributed by atoms with Gasteiger partial charge in [-0.25, -0.2) is 0 Å². The van der Waals surface area contributed by atoms with Crippen LogP contribution < -0.4 is 0 Å². The van der Waals surface area contributed by atoms with E-state index in [1.165, 1.54) is 12.5 Å². The highest BCUT2D eigenvalue weighted by Gasteiger charge is 2.63. The lowest BCUT2D eigenvalue weighted by atomic mass is 9.47. The molecule has 3 saturated carbocycles. The van der Waals surface area contributed by atoms with Gasteiger partial charge in [-0.3, -0.25) is 19.2 Å². The van der Waals surface area contributed by atoms with E-state index in [0.717, 1.165) is 38.5 Å². The monoisotopic (exact) mass is 500 g/mol. The number of allylic oxidation sites excluding steroid dienone is 2. The van der Waals surface area contributed by atoms with E-state index in [1.807, 2.05) is 6.92 Å². The van der Waals surface area contributed by atoms with Crippen molar-refractivity contribution in [2.75, 3.05) is 6.61 Å². The van der Waals surface area contributed by atoms with Gasteiger partial charge < -0.3 is 9.47 Å². The summed E-state index contributed by atoms with van der Waals surface area (Å²) in [6.45, 7) is 10.1. The minimum atomic E-state index is -0.353. The largest absolute Gasteiger partial charge is 0.466 e. The van der Waals surface area contributed by atoms with Crippen LogP contribution in [-0.2, 0) is 28.7 Å². The smallest absolute Gasteiger partial charge is 0.306 e. The molecule has 0 amide bonds.